The van der Waals surface area contributed by atoms with Gasteiger partial charge in [-0.2, -0.15) is 11.8 Å². The van der Waals surface area contributed by atoms with Crippen LogP contribution < -0.4 is 10.6 Å². The van der Waals surface area contributed by atoms with E-state index in [2.05, 4.69) is 26.6 Å². The Morgan fingerprint density at radius 3 is 2.88 bits per heavy atom. The molecule has 5 heteroatoms. The summed E-state index contributed by atoms with van der Waals surface area (Å²) in [5.74, 6) is 0.996. The predicted molar refractivity (Wildman–Crippen MR) is 74.0 cm³/mol. The molecule has 1 rings (SSSR count). The first-order chi connectivity index (χ1) is 7.74. The van der Waals surface area contributed by atoms with Crippen LogP contribution in [0.25, 0.3) is 0 Å². The van der Waals surface area contributed by atoms with Crippen LogP contribution in [0.4, 0.5) is 5.69 Å². The second kappa shape index (κ2) is 7.70. The molecule has 3 nitrogen and oxygen atoms in total. The minimum absolute atomic E-state index is 0.0204. The number of nitrogens with one attached hydrogen (secondary N) is 2. The standard InChI is InChI=1S/C11H15BrN2OS/c1-16-7-6-13-8-11(15)14-10-5-3-2-4-9(10)12/h2-5,13H,6-8H2,1H3,(H,14,15). The molecule has 0 unspecified atom stereocenters. The molecule has 0 spiro atoms. The Morgan fingerprint density at radius 1 is 1.44 bits per heavy atom. The van der Waals surface area contributed by atoms with Crippen molar-refractivity contribution in [2.45, 2.75) is 0 Å². The fourth-order valence-corrected chi connectivity index (χ4v) is 1.87. The third-order valence-electron chi connectivity index (χ3n) is 1.92. The van der Waals surface area contributed by atoms with Gasteiger partial charge in [0.2, 0.25) is 5.91 Å². The van der Waals surface area contributed by atoms with E-state index in [-0.39, 0.29) is 5.91 Å². The molecule has 1 aromatic carbocycles. The molecule has 0 saturated heterocycles. The van der Waals surface area contributed by atoms with Gasteiger partial charge in [-0.3, -0.25) is 4.79 Å². The SMILES string of the molecule is CSCCNCC(=O)Nc1ccccc1Br. The first-order valence-electron chi connectivity index (χ1n) is 4.98. The minimum Gasteiger partial charge on any atom is -0.324 e. The monoisotopic (exact) mass is 302 g/mol. The Balaban J connectivity index is 2.32. The van der Waals surface area contributed by atoms with Gasteiger partial charge < -0.3 is 10.6 Å². The highest BCUT2D eigenvalue weighted by molar-refractivity contribution is 9.10. The predicted octanol–water partition coefficient (Wildman–Crippen LogP) is 2.34. The molecule has 0 fully saturated rings. The van der Waals surface area contributed by atoms with Gasteiger partial charge in [0.25, 0.3) is 0 Å². The van der Waals surface area contributed by atoms with Crippen molar-refractivity contribution < 1.29 is 4.79 Å². The molecule has 0 saturated carbocycles. The van der Waals surface area contributed by atoms with E-state index in [1.165, 1.54) is 0 Å². The number of hydrogen-bond donors (Lipinski definition) is 2. The Labute approximate surface area is 109 Å². The number of anilines is 1. The zero-order chi connectivity index (χ0) is 11.8. The first-order valence-corrected chi connectivity index (χ1v) is 7.16. The van der Waals surface area contributed by atoms with Crippen LogP contribution in [0.2, 0.25) is 0 Å². The smallest absolute Gasteiger partial charge is 0.238 e. The van der Waals surface area contributed by atoms with Crippen LogP contribution in [0.3, 0.4) is 0 Å². The van der Waals surface area contributed by atoms with Crippen molar-refractivity contribution in [1.29, 1.82) is 0 Å². The van der Waals surface area contributed by atoms with E-state index < -0.39 is 0 Å². The van der Waals surface area contributed by atoms with Crippen LogP contribution in [-0.4, -0.2) is 31.0 Å². The summed E-state index contributed by atoms with van der Waals surface area (Å²) in [5.41, 5.74) is 0.805. The average Bonchev–Trinajstić information content (AvgIpc) is 2.28. The Kier molecular flexibility index (Phi) is 6.52. The number of thioether (sulfide) groups is 1. The molecule has 0 radical (unpaired) electrons. The zero-order valence-corrected chi connectivity index (χ0v) is 11.5. The zero-order valence-electron chi connectivity index (χ0n) is 9.13. The van der Waals surface area contributed by atoms with Crippen LogP contribution in [0, 0.1) is 0 Å². The lowest BCUT2D eigenvalue weighted by Crippen LogP contribution is -2.29. The molecule has 16 heavy (non-hydrogen) atoms. The maximum Gasteiger partial charge on any atom is 0.238 e. The van der Waals surface area contributed by atoms with E-state index >= 15 is 0 Å². The van der Waals surface area contributed by atoms with Gasteiger partial charge in [0, 0.05) is 16.8 Å². The molecular weight excluding hydrogens is 288 g/mol. The highest BCUT2D eigenvalue weighted by atomic mass is 79.9. The summed E-state index contributed by atoms with van der Waals surface area (Å²) < 4.78 is 0.896. The minimum atomic E-state index is -0.0204. The summed E-state index contributed by atoms with van der Waals surface area (Å²) in [7, 11) is 0. The van der Waals surface area contributed by atoms with E-state index in [0.29, 0.717) is 6.54 Å². The number of para-hydroxylation sites is 1. The van der Waals surface area contributed by atoms with Crippen LogP contribution in [0.1, 0.15) is 0 Å². The highest BCUT2D eigenvalue weighted by Crippen LogP contribution is 2.20. The molecule has 0 aliphatic heterocycles. The van der Waals surface area contributed by atoms with Gasteiger partial charge in [0.1, 0.15) is 0 Å². The second-order valence-electron chi connectivity index (χ2n) is 3.20. The van der Waals surface area contributed by atoms with E-state index in [0.717, 1.165) is 22.5 Å². The third kappa shape index (κ3) is 5.01. The molecule has 1 aromatic rings. The largest absolute Gasteiger partial charge is 0.324 e. The van der Waals surface area contributed by atoms with Crippen molar-refractivity contribution in [2.75, 3.05) is 30.4 Å². The van der Waals surface area contributed by atoms with E-state index in [1.807, 2.05) is 30.5 Å². The van der Waals surface area contributed by atoms with Gasteiger partial charge in [0.15, 0.2) is 0 Å². The average molecular weight is 303 g/mol. The van der Waals surface area contributed by atoms with E-state index in [1.54, 1.807) is 11.8 Å². The maximum absolute atomic E-state index is 11.5. The molecule has 0 atom stereocenters. The summed E-state index contributed by atoms with van der Waals surface area (Å²) in [5, 5.41) is 5.91. The molecule has 1 amide bonds. The lowest BCUT2D eigenvalue weighted by Gasteiger charge is -2.07. The number of rotatable bonds is 6. The molecule has 88 valence electrons. The fourth-order valence-electron chi connectivity index (χ4n) is 1.13. The van der Waals surface area contributed by atoms with E-state index in [9.17, 15) is 4.79 Å². The van der Waals surface area contributed by atoms with Crippen molar-refractivity contribution in [3.63, 3.8) is 0 Å². The van der Waals surface area contributed by atoms with Gasteiger partial charge in [0.05, 0.1) is 12.2 Å². The topological polar surface area (TPSA) is 41.1 Å². The van der Waals surface area contributed by atoms with Gasteiger partial charge in [-0.25, -0.2) is 0 Å². The van der Waals surface area contributed by atoms with Crippen molar-refractivity contribution >= 4 is 39.3 Å². The highest BCUT2D eigenvalue weighted by Gasteiger charge is 2.03. The summed E-state index contributed by atoms with van der Waals surface area (Å²) in [6.45, 7) is 1.20. The molecule has 2 N–H and O–H groups in total. The molecule has 0 aromatic heterocycles. The van der Waals surface area contributed by atoms with Crippen LogP contribution in [0.15, 0.2) is 28.7 Å². The quantitative estimate of drug-likeness (QED) is 0.793. The van der Waals surface area contributed by atoms with Crippen molar-refractivity contribution in [1.82, 2.24) is 5.32 Å². The van der Waals surface area contributed by atoms with Crippen molar-refractivity contribution in [3.8, 4) is 0 Å². The molecule has 0 aliphatic carbocycles. The fraction of sp³-hybridized carbons (Fsp3) is 0.364. The Morgan fingerprint density at radius 2 is 2.19 bits per heavy atom. The summed E-state index contributed by atoms with van der Waals surface area (Å²) >= 11 is 5.14. The number of amides is 1. The Bertz CT molecular complexity index is 347. The van der Waals surface area contributed by atoms with Gasteiger partial charge in [-0.05, 0) is 34.3 Å². The van der Waals surface area contributed by atoms with Gasteiger partial charge >= 0.3 is 0 Å². The molecule has 0 aliphatic rings. The second-order valence-corrected chi connectivity index (χ2v) is 5.04. The van der Waals surface area contributed by atoms with Crippen LogP contribution in [-0.2, 0) is 4.79 Å². The third-order valence-corrected chi connectivity index (χ3v) is 3.22. The van der Waals surface area contributed by atoms with E-state index in [4.69, 9.17) is 0 Å². The lowest BCUT2D eigenvalue weighted by atomic mass is 10.3. The summed E-state index contributed by atoms with van der Waals surface area (Å²) in [4.78, 5) is 11.5. The van der Waals surface area contributed by atoms with Gasteiger partial charge in [-0.15, -0.1) is 0 Å². The summed E-state index contributed by atoms with van der Waals surface area (Å²) in [6, 6.07) is 7.57. The number of halogens is 1. The van der Waals surface area contributed by atoms with Crippen molar-refractivity contribution in [2.24, 2.45) is 0 Å². The molecular formula is C11H15BrN2OS. The number of benzene rings is 1. The number of carbonyl (C=O) groups is 1. The normalized spacial score (nSPS) is 10.1. The molecule has 0 bridgehead atoms. The number of carbonyl (C=O) groups excluding carboxylic acids is 1. The number of hydrogen-bond acceptors (Lipinski definition) is 3. The van der Waals surface area contributed by atoms with Crippen molar-refractivity contribution in [3.05, 3.63) is 28.7 Å². The molecule has 0 heterocycles. The van der Waals surface area contributed by atoms with Crippen LogP contribution >= 0.6 is 27.7 Å². The Hall–Kier alpha value is -0.520. The van der Waals surface area contributed by atoms with Crippen LogP contribution in [0.5, 0.6) is 0 Å². The lowest BCUT2D eigenvalue weighted by molar-refractivity contribution is -0.115. The maximum atomic E-state index is 11.5. The first kappa shape index (κ1) is 13.5. The van der Waals surface area contributed by atoms with Gasteiger partial charge in [-0.1, -0.05) is 12.1 Å². The summed E-state index contributed by atoms with van der Waals surface area (Å²) in [6.07, 6.45) is 2.04.